The second-order valence-corrected chi connectivity index (χ2v) is 6.23. The zero-order valence-electron chi connectivity index (χ0n) is 9.31. The molecule has 0 aliphatic heterocycles. The molecule has 2 rings (SSSR count). The van der Waals surface area contributed by atoms with Crippen molar-refractivity contribution in [2.24, 2.45) is 0 Å². The Morgan fingerprint density at radius 3 is 2.63 bits per heavy atom. The lowest BCUT2D eigenvalue weighted by molar-refractivity contribution is 0.0702. The molecule has 0 saturated heterocycles. The van der Waals surface area contributed by atoms with Crippen LogP contribution in [0.2, 0.25) is 5.02 Å². The summed E-state index contributed by atoms with van der Waals surface area (Å²) in [5.41, 5.74) is 0.457. The molecule has 4 nitrogen and oxygen atoms in total. The van der Waals surface area contributed by atoms with E-state index in [1.165, 1.54) is 6.07 Å². The predicted molar refractivity (Wildman–Crippen MR) is 83.4 cm³/mol. The van der Waals surface area contributed by atoms with Crippen molar-refractivity contribution in [1.82, 2.24) is 0 Å². The van der Waals surface area contributed by atoms with E-state index >= 15 is 0 Å². The highest BCUT2D eigenvalue weighted by Gasteiger charge is 2.13. The third kappa shape index (κ3) is 3.46. The Kier molecular flexibility index (Phi) is 4.43. The highest BCUT2D eigenvalue weighted by atomic mass is 127. The molecule has 2 N–H and O–H groups in total. The van der Waals surface area contributed by atoms with Crippen LogP contribution in [0, 0.1) is 3.57 Å². The number of nitrogens with one attached hydrogen (secondary N) is 1. The number of hydrogen-bond acceptors (Lipinski definition) is 3. The topological polar surface area (TPSA) is 66.4 Å². The fourth-order valence-electron chi connectivity index (χ4n) is 1.37. The summed E-state index contributed by atoms with van der Waals surface area (Å²) in [6.45, 7) is 0. The molecule has 1 aromatic carbocycles. The van der Waals surface area contributed by atoms with Gasteiger partial charge in [0.2, 0.25) is 0 Å². The van der Waals surface area contributed by atoms with E-state index in [4.69, 9.17) is 16.7 Å². The minimum Gasteiger partial charge on any atom is -0.477 e. The minimum atomic E-state index is -1.01. The highest BCUT2D eigenvalue weighted by Crippen LogP contribution is 2.24. The van der Waals surface area contributed by atoms with E-state index in [0.29, 0.717) is 15.6 Å². The lowest BCUT2D eigenvalue weighted by Gasteiger charge is -2.05. The first-order chi connectivity index (χ1) is 8.97. The SMILES string of the molecule is O=C(O)c1ccc(NC(=O)c2cc(Cl)ccc2I)s1. The standard InChI is InChI=1S/C12H7ClINO3S/c13-6-1-2-8(14)7(5-6)11(16)15-10-4-3-9(19-10)12(17)18/h1-5H,(H,15,16)(H,17,18). The summed E-state index contributed by atoms with van der Waals surface area (Å²) >= 11 is 8.90. The van der Waals surface area contributed by atoms with Gasteiger partial charge >= 0.3 is 5.97 Å². The van der Waals surface area contributed by atoms with Gasteiger partial charge in [-0.1, -0.05) is 11.6 Å². The lowest BCUT2D eigenvalue weighted by atomic mass is 10.2. The molecule has 0 aliphatic rings. The molecular weight excluding hydrogens is 401 g/mol. The summed E-state index contributed by atoms with van der Waals surface area (Å²) in [6.07, 6.45) is 0. The number of thiophene rings is 1. The van der Waals surface area contributed by atoms with Crippen LogP contribution < -0.4 is 5.32 Å². The summed E-state index contributed by atoms with van der Waals surface area (Å²) < 4.78 is 0.773. The van der Waals surface area contributed by atoms with Gasteiger partial charge in [0, 0.05) is 8.59 Å². The normalized spacial score (nSPS) is 10.2. The monoisotopic (exact) mass is 407 g/mol. The van der Waals surface area contributed by atoms with Crippen LogP contribution in [-0.4, -0.2) is 17.0 Å². The molecule has 98 valence electrons. The number of carbonyl (C=O) groups excluding carboxylic acids is 1. The molecule has 1 aromatic heterocycles. The molecule has 0 unspecified atom stereocenters. The Morgan fingerprint density at radius 2 is 2.00 bits per heavy atom. The predicted octanol–water partition coefficient (Wildman–Crippen LogP) is 3.96. The third-order valence-corrected chi connectivity index (χ3v) is 4.39. The molecule has 0 bridgehead atoms. The third-order valence-electron chi connectivity index (χ3n) is 2.23. The van der Waals surface area contributed by atoms with Crippen LogP contribution in [0.15, 0.2) is 30.3 Å². The molecular formula is C12H7ClINO3S. The van der Waals surface area contributed by atoms with E-state index in [1.54, 1.807) is 24.3 Å². The van der Waals surface area contributed by atoms with E-state index in [1.807, 2.05) is 22.6 Å². The molecule has 1 heterocycles. The van der Waals surface area contributed by atoms with Crippen molar-refractivity contribution >= 4 is 62.4 Å². The van der Waals surface area contributed by atoms with Crippen LogP contribution >= 0.6 is 45.5 Å². The maximum absolute atomic E-state index is 12.1. The van der Waals surface area contributed by atoms with Crippen molar-refractivity contribution < 1.29 is 14.7 Å². The van der Waals surface area contributed by atoms with Crippen LogP contribution in [0.1, 0.15) is 20.0 Å². The van der Waals surface area contributed by atoms with Crippen molar-refractivity contribution in [3.8, 4) is 0 Å². The van der Waals surface area contributed by atoms with Gasteiger partial charge in [0.25, 0.3) is 5.91 Å². The largest absolute Gasteiger partial charge is 0.477 e. The number of hydrogen-bond donors (Lipinski definition) is 2. The van der Waals surface area contributed by atoms with Crippen LogP contribution in [0.5, 0.6) is 0 Å². The number of carboxylic acid groups (broad SMARTS) is 1. The van der Waals surface area contributed by atoms with Crippen LogP contribution in [-0.2, 0) is 0 Å². The maximum Gasteiger partial charge on any atom is 0.345 e. The second-order valence-electron chi connectivity index (χ2n) is 3.55. The van der Waals surface area contributed by atoms with Crippen LogP contribution in [0.3, 0.4) is 0 Å². The molecule has 0 fully saturated rings. The first-order valence-electron chi connectivity index (χ1n) is 5.07. The number of benzene rings is 1. The van der Waals surface area contributed by atoms with Gasteiger partial charge in [-0.3, -0.25) is 4.79 Å². The van der Waals surface area contributed by atoms with E-state index in [-0.39, 0.29) is 10.8 Å². The first kappa shape index (κ1) is 14.3. The Morgan fingerprint density at radius 1 is 1.26 bits per heavy atom. The average molecular weight is 408 g/mol. The molecule has 0 spiro atoms. The smallest absolute Gasteiger partial charge is 0.345 e. The van der Waals surface area contributed by atoms with Crippen molar-refractivity contribution in [2.75, 3.05) is 5.32 Å². The molecule has 0 radical (unpaired) electrons. The quantitative estimate of drug-likeness (QED) is 0.757. The molecule has 0 saturated carbocycles. The highest BCUT2D eigenvalue weighted by molar-refractivity contribution is 14.1. The lowest BCUT2D eigenvalue weighted by Crippen LogP contribution is -2.12. The minimum absolute atomic E-state index is 0.177. The molecule has 7 heteroatoms. The zero-order chi connectivity index (χ0) is 14.0. The molecule has 0 aliphatic carbocycles. The number of anilines is 1. The van der Waals surface area contributed by atoms with Crippen LogP contribution in [0.25, 0.3) is 0 Å². The molecule has 19 heavy (non-hydrogen) atoms. The summed E-state index contributed by atoms with van der Waals surface area (Å²) in [4.78, 5) is 23.0. The Hall–Kier alpha value is -1.12. The molecule has 2 aromatic rings. The van der Waals surface area contributed by atoms with Gasteiger partial charge in [0.15, 0.2) is 0 Å². The first-order valence-corrected chi connectivity index (χ1v) is 7.34. The van der Waals surface area contributed by atoms with E-state index in [2.05, 4.69) is 5.32 Å². The Bertz CT molecular complexity index is 656. The number of carboxylic acids is 1. The summed E-state index contributed by atoms with van der Waals surface area (Å²) in [7, 11) is 0. The van der Waals surface area contributed by atoms with Gasteiger partial charge in [-0.25, -0.2) is 4.79 Å². The van der Waals surface area contributed by atoms with E-state index < -0.39 is 5.97 Å². The fraction of sp³-hybridized carbons (Fsp3) is 0. The Balaban J connectivity index is 2.20. The zero-order valence-corrected chi connectivity index (χ0v) is 13.0. The van der Waals surface area contributed by atoms with Crippen molar-refractivity contribution in [2.45, 2.75) is 0 Å². The van der Waals surface area contributed by atoms with Gasteiger partial charge in [-0.15, -0.1) is 11.3 Å². The van der Waals surface area contributed by atoms with Crippen molar-refractivity contribution in [3.63, 3.8) is 0 Å². The van der Waals surface area contributed by atoms with E-state index in [9.17, 15) is 9.59 Å². The molecule has 1 amide bonds. The van der Waals surface area contributed by atoms with Gasteiger partial charge in [0.05, 0.1) is 10.6 Å². The number of rotatable bonds is 3. The summed E-state index contributed by atoms with van der Waals surface area (Å²) in [5.74, 6) is -1.33. The van der Waals surface area contributed by atoms with Gasteiger partial charge < -0.3 is 10.4 Å². The number of amides is 1. The second kappa shape index (κ2) is 5.89. The van der Waals surface area contributed by atoms with Crippen molar-refractivity contribution in [3.05, 3.63) is 49.4 Å². The maximum atomic E-state index is 12.1. The molecule has 0 atom stereocenters. The number of carbonyl (C=O) groups is 2. The number of halogens is 2. The van der Waals surface area contributed by atoms with Gasteiger partial charge in [-0.05, 0) is 52.9 Å². The number of aromatic carboxylic acids is 1. The van der Waals surface area contributed by atoms with Gasteiger partial charge in [0.1, 0.15) is 4.88 Å². The Labute approximate surface area is 131 Å². The average Bonchev–Trinajstić information content (AvgIpc) is 2.80. The fourth-order valence-corrected chi connectivity index (χ4v) is 2.86. The summed E-state index contributed by atoms with van der Waals surface area (Å²) in [5, 5.41) is 12.4. The van der Waals surface area contributed by atoms with Crippen molar-refractivity contribution in [1.29, 1.82) is 0 Å². The van der Waals surface area contributed by atoms with Crippen LogP contribution in [0.4, 0.5) is 5.00 Å². The van der Waals surface area contributed by atoms with Gasteiger partial charge in [-0.2, -0.15) is 0 Å². The summed E-state index contributed by atoms with van der Waals surface area (Å²) in [6, 6.07) is 8.03. The van der Waals surface area contributed by atoms with E-state index in [0.717, 1.165) is 14.9 Å².